The Hall–Kier alpha value is -0.520. The molecule has 15 heavy (non-hydrogen) atoms. The highest BCUT2D eigenvalue weighted by Crippen LogP contribution is 2.42. The van der Waals surface area contributed by atoms with Crippen molar-refractivity contribution >= 4 is 0 Å². The standard InChI is InChI=1S/C15H26/c1-5-13(3)11-14(6-2)12-15(4)9-7-8-10-15/h6,11H,5,7-10,12H2,1-4H3/b13-11-,14-6+. The van der Waals surface area contributed by atoms with Crippen LogP contribution in [0.1, 0.15) is 66.2 Å². The Morgan fingerprint density at radius 2 is 1.87 bits per heavy atom. The molecule has 0 aromatic carbocycles. The SMILES string of the molecule is C/C=C(\C=C(\C)CC)CC1(C)CCCC1. The molecule has 1 rings (SSSR count). The predicted octanol–water partition coefficient (Wildman–Crippen LogP) is 5.26. The van der Waals surface area contributed by atoms with Crippen molar-refractivity contribution in [3.05, 3.63) is 23.3 Å². The molecule has 0 saturated heterocycles. The molecule has 0 aromatic rings. The molecular weight excluding hydrogens is 180 g/mol. The number of hydrogen-bond acceptors (Lipinski definition) is 0. The molecule has 0 bridgehead atoms. The smallest absolute Gasteiger partial charge is 0.0228 e. The molecule has 0 aliphatic heterocycles. The average molecular weight is 206 g/mol. The van der Waals surface area contributed by atoms with Gasteiger partial charge in [0.15, 0.2) is 0 Å². The molecule has 0 unspecified atom stereocenters. The van der Waals surface area contributed by atoms with Gasteiger partial charge in [0.1, 0.15) is 0 Å². The van der Waals surface area contributed by atoms with Crippen LogP contribution in [-0.4, -0.2) is 0 Å². The van der Waals surface area contributed by atoms with Crippen LogP contribution >= 0.6 is 0 Å². The van der Waals surface area contributed by atoms with Crippen molar-refractivity contribution in [3.63, 3.8) is 0 Å². The summed E-state index contributed by atoms with van der Waals surface area (Å²) in [5, 5.41) is 0. The largest absolute Gasteiger partial charge is 0.0844 e. The number of allylic oxidation sites excluding steroid dienone is 4. The third kappa shape index (κ3) is 3.85. The second-order valence-electron chi connectivity index (χ2n) is 5.40. The van der Waals surface area contributed by atoms with Gasteiger partial charge in [-0.2, -0.15) is 0 Å². The van der Waals surface area contributed by atoms with Crippen LogP contribution in [0, 0.1) is 5.41 Å². The van der Waals surface area contributed by atoms with Crippen molar-refractivity contribution in [2.75, 3.05) is 0 Å². The molecule has 0 N–H and O–H groups in total. The molecule has 0 heterocycles. The predicted molar refractivity (Wildman–Crippen MR) is 69.0 cm³/mol. The van der Waals surface area contributed by atoms with E-state index in [9.17, 15) is 0 Å². The molecule has 0 amide bonds. The summed E-state index contributed by atoms with van der Waals surface area (Å²) in [6, 6.07) is 0. The Kier molecular flexibility index (Phi) is 4.63. The summed E-state index contributed by atoms with van der Waals surface area (Å²) in [5.74, 6) is 0. The topological polar surface area (TPSA) is 0 Å². The fraction of sp³-hybridized carbons (Fsp3) is 0.733. The Labute approximate surface area is 95.5 Å². The first-order valence-corrected chi connectivity index (χ1v) is 6.42. The van der Waals surface area contributed by atoms with Crippen molar-refractivity contribution in [1.29, 1.82) is 0 Å². The van der Waals surface area contributed by atoms with Gasteiger partial charge in [0.05, 0.1) is 0 Å². The van der Waals surface area contributed by atoms with E-state index in [0.29, 0.717) is 5.41 Å². The highest BCUT2D eigenvalue weighted by molar-refractivity contribution is 5.23. The summed E-state index contributed by atoms with van der Waals surface area (Å²) in [4.78, 5) is 0. The van der Waals surface area contributed by atoms with E-state index in [4.69, 9.17) is 0 Å². The van der Waals surface area contributed by atoms with Gasteiger partial charge in [-0.15, -0.1) is 0 Å². The van der Waals surface area contributed by atoms with E-state index in [1.165, 1.54) is 44.1 Å². The van der Waals surface area contributed by atoms with Crippen LogP contribution in [0.4, 0.5) is 0 Å². The van der Waals surface area contributed by atoms with Crippen LogP contribution < -0.4 is 0 Å². The number of hydrogen-bond donors (Lipinski definition) is 0. The minimum atomic E-state index is 0.590. The minimum absolute atomic E-state index is 0.590. The van der Waals surface area contributed by atoms with Crippen molar-refractivity contribution in [3.8, 4) is 0 Å². The maximum Gasteiger partial charge on any atom is -0.0228 e. The minimum Gasteiger partial charge on any atom is -0.0844 e. The van der Waals surface area contributed by atoms with Gasteiger partial charge in [0, 0.05) is 0 Å². The lowest BCUT2D eigenvalue weighted by Crippen LogP contribution is -2.11. The molecule has 1 aliphatic carbocycles. The van der Waals surface area contributed by atoms with E-state index in [1.54, 1.807) is 5.57 Å². The van der Waals surface area contributed by atoms with Crippen molar-refractivity contribution in [1.82, 2.24) is 0 Å². The van der Waals surface area contributed by atoms with Crippen LogP contribution in [0.5, 0.6) is 0 Å². The third-order valence-corrected chi connectivity index (χ3v) is 3.80. The van der Waals surface area contributed by atoms with Gasteiger partial charge in [0.25, 0.3) is 0 Å². The van der Waals surface area contributed by atoms with E-state index in [1.807, 2.05) is 0 Å². The van der Waals surface area contributed by atoms with Crippen LogP contribution in [-0.2, 0) is 0 Å². The second-order valence-corrected chi connectivity index (χ2v) is 5.40. The molecule has 86 valence electrons. The zero-order valence-corrected chi connectivity index (χ0v) is 10.9. The summed E-state index contributed by atoms with van der Waals surface area (Å²) in [7, 11) is 0. The van der Waals surface area contributed by atoms with Gasteiger partial charge in [-0.3, -0.25) is 0 Å². The fourth-order valence-corrected chi connectivity index (χ4v) is 2.55. The second kappa shape index (κ2) is 5.53. The van der Waals surface area contributed by atoms with Gasteiger partial charge >= 0.3 is 0 Å². The number of rotatable bonds is 4. The summed E-state index contributed by atoms with van der Waals surface area (Å²) in [6.45, 7) is 9.10. The van der Waals surface area contributed by atoms with E-state index in [-0.39, 0.29) is 0 Å². The van der Waals surface area contributed by atoms with E-state index in [2.05, 4.69) is 39.8 Å². The molecule has 1 saturated carbocycles. The highest BCUT2D eigenvalue weighted by Gasteiger charge is 2.28. The zero-order chi connectivity index (χ0) is 11.3. The summed E-state index contributed by atoms with van der Waals surface area (Å²) < 4.78 is 0. The zero-order valence-electron chi connectivity index (χ0n) is 10.9. The van der Waals surface area contributed by atoms with Crippen LogP contribution in [0.3, 0.4) is 0 Å². The highest BCUT2D eigenvalue weighted by atomic mass is 14.3. The molecule has 0 nitrogen and oxygen atoms in total. The molecular formula is C15H26. The van der Waals surface area contributed by atoms with E-state index in [0.717, 1.165) is 0 Å². The van der Waals surface area contributed by atoms with Gasteiger partial charge in [-0.1, -0.05) is 50.0 Å². The summed E-state index contributed by atoms with van der Waals surface area (Å²) >= 11 is 0. The van der Waals surface area contributed by atoms with Gasteiger partial charge < -0.3 is 0 Å². The lowest BCUT2D eigenvalue weighted by Gasteiger charge is -2.24. The molecule has 1 aliphatic rings. The van der Waals surface area contributed by atoms with E-state index >= 15 is 0 Å². The molecule has 1 fully saturated rings. The lowest BCUT2D eigenvalue weighted by molar-refractivity contribution is 0.336. The van der Waals surface area contributed by atoms with E-state index < -0.39 is 0 Å². The van der Waals surface area contributed by atoms with Crippen molar-refractivity contribution in [2.24, 2.45) is 5.41 Å². The van der Waals surface area contributed by atoms with Crippen LogP contribution in [0.25, 0.3) is 0 Å². The Morgan fingerprint density at radius 3 is 2.33 bits per heavy atom. The molecule has 0 heteroatoms. The maximum atomic E-state index is 2.46. The monoisotopic (exact) mass is 206 g/mol. The van der Waals surface area contributed by atoms with Crippen LogP contribution in [0.15, 0.2) is 23.3 Å². The Morgan fingerprint density at radius 1 is 1.27 bits per heavy atom. The fourth-order valence-electron chi connectivity index (χ4n) is 2.55. The normalized spacial score (nSPS) is 22.1. The van der Waals surface area contributed by atoms with Crippen molar-refractivity contribution in [2.45, 2.75) is 66.2 Å². The maximum absolute atomic E-state index is 2.46. The summed E-state index contributed by atoms with van der Waals surface area (Å²) in [6.07, 6.45) is 12.8. The van der Waals surface area contributed by atoms with Crippen LogP contribution in [0.2, 0.25) is 0 Å². The Balaban J connectivity index is 2.62. The first-order chi connectivity index (χ1) is 7.09. The molecule has 0 aromatic heterocycles. The van der Waals surface area contributed by atoms with Gasteiger partial charge in [-0.05, 0) is 44.9 Å². The first kappa shape index (κ1) is 12.5. The average Bonchev–Trinajstić information content (AvgIpc) is 2.63. The molecule has 0 radical (unpaired) electrons. The van der Waals surface area contributed by atoms with Gasteiger partial charge in [-0.25, -0.2) is 0 Å². The first-order valence-electron chi connectivity index (χ1n) is 6.42. The Bertz CT molecular complexity index is 249. The summed E-state index contributed by atoms with van der Waals surface area (Å²) in [5.41, 5.74) is 3.63. The third-order valence-electron chi connectivity index (χ3n) is 3.80. The lowest BCUT2D eigenvalue weighted by atomic mass is 9.81. The quantitative estimate of drug-likeness (QED) is 0.550. The van der Waals surface area contributed by atoms with Crippen molar-refractivity contribution < 1.29 is 0 Å². The molecule has 0 atom stereocenters. The molecule has 0 spiro atoms. The van der Waals surface area contributed by atoms with Gasteiger partial charge in [0.2, 0.25) is 0 Å².